The maximum Gasteiger partial charge on any atom is 0.253 e. The van der Waals surface area contributed by atoms with E-state index in [0.717, 1.165) is 11.1 Å². The van der Waals surface area contributed by atoms with E-state index in [1.807, 2.05) is 42.5 Å². The van der Waals surface area contributed by atoms with E-state index >= 15 is 0 Å². The fourth-order valence-electron chi connectivity index (χ4n) is 2.70. The Morgan fingerprint density at radius 2 is 1.31 bits per heavy atom. The highest BCUT2D eigenvalue weighted by atomic mass is 16.5. The van der Waals surface area contributed by atoms with Crippen LogP contribution >= 0.6 is 0 Å². The molecular formula is C20H20N2O4. The molecule has 0 heterocycles. The van der Waals surface area contributed by atoms with Gasteiger partial charge in [0.2, 0.25) is 0 Å². The molecule has 0 aliphatic heterocycles. The summed E-state index contributed by atoms with van der Waals surface area (Å²) in [6.45, 7) is 0.877. The molecule has 0 aromatic heterocycles. The van der Waals surface area contributed by atoms with E-state index in [1.165, 1.54) is 0 Å². The van der Waals surface area contributed by atoms with Gasteiger partial charge in [-0.15, -0.1) is 0 Å². The van der Waals surface area contributed by atoms with Crippen LogP contribution in [-0.4, -0.2) is 14.2 Å². The van der Waals surface area contributed by atoms with Crippen molar-refractivity contribution in [1.29, 1.82) is 0 Å². The second kappa shape index (κ2) is 7.74. The number of benzene rings is 2. The molecule has 0 unspecified atom stereocenters. The molecule has 0 aliphatic rings. The van der Waals surface area contributed by atoms with Gasteiger partial charge in [-0.05, 0) is 23.3 Å². The molecular weight excluding hydrogens is 332 g/mol. The first-order valence-electron chi connectivity index (χ1n) is 8.20. The number of hydrogen-bond acceptors (Lipinski definition) is 6. The topological polar surface area (TPSA) is 76.7 Å². The minimum absolute atomic E-state index is 0.320. The minimum atomic E-state index is -0.499. The summed E-state index contributed by atoms with van der Waals surface area (Å²) >= 11 is 0. The van der Waals surface area contributed by atoms with Crippen molar-refractivity contribution in [3.63, 3.8) is 0 Å². The molecule has 26 heavy (non-hydrogen) atoms. The summed E-state index contributed by atoms with van der Waals surface area (Å²) in [7, 11) is 3.14. The first-order valence-corrected chi connectivity index (χ1v) is 8.20. The Bertz CT molecular complexity index is 960. The van der Waals surface area contributed by atoms with Gasteiger partial charge in [0, 0.05) is 13.1 Å². The van der Waals surface area contributed by atoms with E-state index in [2.05, 4.69) is 10.6 Å². The molecule has 0 fully saturated rings. The maximum atomic E-state index is 11.9. The van der Waals surface area contributed by atoms with Crippen LogP contribution in [0.3, 0.4) is 0 Å². The monoisotopic (exact) mass is 352 g/mol. The molecule has 3 aromatic rings. The molecule has 134 valence electrons. The smallest absolute Gasteiger partial charge is 0.253 e. The van der Waals surface area contributed by atoms with Gasteiger partial charge >= 0.3 is 0 Å². The Hall–Kier alpha value is -3.28. The summed E-state index contributed by atoms with van der Waals surface area (Å²) < 4.78 is 10.5. The molecule has 3 aromatic carbocycles. The normalized spacial score (nSPS) is 10.5. The van der Waals surface area contributed by atoms with Gasteiger partial charge in [-0.25, -0.2) is 0 Å². The Labute approximate surface area is 151 Å². The molecule has 0 radical (unpaired) electrons. The molecule has 6 heteroatoms. The van der Waals surface area contributed by atoms with E-state index in [0.29, 0.717) is 36.0 Å². The zero-order valence-electron chi connectivity index (χ0n) is 14.7. The van der Waals surface area contributed by atoms with Crippen LogP contribution in [0.5, 0.6) is 11.5 Å². The average molecular weight is 352 g/mol. The zero-order chi connectivity index (χ0) is 18.5. The van der Waals surface area contributed by atoms with Crippen LogP contribution in [0.4, 0.5) is 11.4 Å². The summed E-state index contributed by atoms with van der Waals surface area (Å²) in [5.41, 5.74) is 1.60. The number of ether oxygens (including phenoxy) is 2. The van der Waals surface area contributed by atoms with E-state index in [4.69, 9.17) is 9.47 Å². The van der Waals surface area contributed by atoms with Gasteiger partial charge in [-0.3, -0.25) is 9.59 Å². The molecule has 0 atom stereocenters. The number of methoxy groups -OCH3 is 2. The lowest BCUT2D eigenvalue weighted by atomic mass is 10.1. The average Bonchev–Trinajstić information content (AvgIpc) is 2.70. The predicted octanol–water partition coefficient (Wildman–Crippen LogP) is 2.52. The molecule has 0 saturated heterocycles. The van der Waals surface area contributed by atoms with Crippen molar-refractivity contribution in [2.75, 3.05) is 24.9 Å². The molecule has 0 saturated carbocycles. The van der Waals surface area contributed by atoms with Gasteiger partial charge in [0.1, 0.15) is 11.4 Å². The molecule has 0 bridgehead atoms. The summed E-state index contributed by atoms with van der Waals surface area (Å²) in [6, 6.07) is 15.2. The molecule has 0 spiro atoms. The fraction of sp³-hybridized carbons (Fsp3) is 0.200. The third-order valence-corrected chi connectivity index (χ3v) is 4.14. The Morgan fingerprint density at radius 1 is 0.731 bits per heavy atom. The third-order valence-electron chi connectivity index (χ3n) is 4.14. The molecule has 0 amide bonds. The van der Waals surface area contributed by atoms with Gasteiger partial charge in [0.25, 0.3) is 10.9 Å². The van der Waals surface area contributed by atoms with Gasteiger partial charge in [-0.1, -0.05) is 36.4 Å². The van der Waals surface area contributed by atoms with E-state index in [-0.39, 0.29) is 0 Å². The Balaban J connectivity index is 1.68. The highest BCUT2D eigenvalue weighted by Crippen LogP contribution is 2.28. The van der Waals surface area contributed by atoms with Crippen LogP contribution in [0.25, 0.3) is 0 Å². The predicted molar refractivity (Wildman–Crippen MR) is 102 cm³/mol. The van der Waals surface area contributed by atoms with Crippen LogP contribution in [0.2, 0.25) is 0 Å². The SMILES string of the molecule is COc1ccc(CNc2c(NCc3ccccc3)c(=O)c2=O)cc1OC. The van der Waals surface area contributed by atoms with Gasteiger partial charge < -0.3 is 20.1 Å². The van der Waals surface area contributed by atoms with Crippen molar-refractivity contribution in [3.8, 4) is 11.5 Å². The van der Waals surface area contributed by atoms with E-state index in [1.54, 1.807) is 20.3 Å². The van der Waals surface area contributed by atoms with Crippen LogP contribution in [-0.2, 0) is 13.1 Å². The highest BCUT2D eigenvalue weighted by Gasteiger charge is 2.20. The Morgan fingerprint density at radius 3 is 1.88 bits per heavy atom. The molecule has 2 N–H and O–H groups in total. The van der Waals surface area contributed by atoms with Gasteiger partial charge in [0.15, 0.2) is 11.5 Å². The third kappa shape index (κ3) is 3.54. The maximum absolute atomic E-state index is 11.9. The lowest BCUT2D eigenvalue weighted by molar-refractivity contribution is 0.354. The van der Waals surface area contributed by atoms with Gasteiger partial charge in [-0.2, -0.15) is 0 Å². The second-order valence-corrected chi connectivity index (χ2v) is 5.79. The van der Waals surface area contributed by atoms with Crippen molar-refractivity contribution in [2.45, 2.75) is 13.1 Å². The van der Waals surface area contributed by atoms with Crippen molar-refractivity contribution in [3.05, 3.63) is 80.1 Å². The summed E-state index contributed by atoms with van der Waals surface area (Å²) in [4.78, 5) is 23.7. The molecule has 3 rings (SSSR count). The quantitative estimate of drug-likeness (QED) is 0.607. The van der Waals surface area contributed by atoms with Crippen molar-refractivity contribution < 1.29 is 9.47 Å². The number of nitrogens with one attached hydrogen (secondary N) is 2. The van der Waals surface area contributed by atoms with Crippen molar-refractivity contribution in [2.24, 2.45) is 0 Å². The zero-order valence-corrected chi connectivity index (χ0v) is 14.7. The lowest BCUT2D eigenvalue weighted by Crippen LogP contribution is -2.37. The van der Waals surface area contributed by atoms with Crippen LogP contribution in [0.1, 0.15) is 11.1 Å². The highest BCUT2D eigenvalue weighted by molar-refractivity contribution is 5.74. The summed E-state index contributed by atoms with van der Waals surface area (Å²) in [5, 5.41) is 6.09. The Kier molecular flexibility index (Phi) is 5.22. The van der Waals surface area contributed by atoms with E-state index in [9.17, 15) is 9.59 Å². The number of hydrogen-bond donors (Lipinski definition) is 2. The molecule has 0 aliphatic carbocycles. The van der Waals surface area contributed by atoms with Crippen LogP contribution in [0, 0.1) is 0 Å². The molecule has 6 nitrogen and oxygen atoms in total. The summed E-state index contributed by atoms with van der Waals surface area (Å²) in [5.74, 6) is 1.25. The summed E-state index contributed by atoms with van der Waals surface area (Å²) in [6.07, 6.45) is 0. The standard InChI is InChI=1S/C20H20N2O4/c1-25-15-9-8-14(10-16(15)26-2)12-22-18-17(19(23)20(18)24)21-11-13-6-4-3-5-7-13/h3-10,21-22H,11-12H2,1-2H3. The minimum Gasteiger partial charge on any atom is -0.493 e. The number of rotatable bonds is 8. The fourth-order valence-corrected chi connectivity index (χ4v) is 2.70. The van der Waals surface area contributed by atoms with Gasteiger partial charge in [0.05, 0.1) is 14.2 Å². The lowest BCUT2D eigenvalue weighted by Gasteiger charge is -2.15. The first kappa shape index (κ1) is 17.5. The largest absolute Gasteiger partial charge is 0.493 e. The van der Waals surface area contributed by atoms with Crippen molar-refractivity contribution >= 4 is 11.4 Å². The van der Waals surface area contributed by atoms with Crippen LogP contribution in [0.15, 0.2) is 58.1 Å². The van der Waals surface area contributed by atoms with E-state index < -0.39 is 10.9 Å². The van der Waals surface area contributed by atoms with Crippen molar-refractivity contribution in [1.82, 2.24) is 0 Å². The van der Waals surface area contributed by atoms with Crippen LogP contribution < -0.4 is 31.0 Å². The first-order chi connectivity index (χ1) is 12.6. The number of anilines is 2. The second-order valence-electron chi connectivity index (χ2n) is 5.79.